The molecule has 0 radical (unpaired) electrons. The van der Waals surface area contributed by atoms with Crippen LogP contribution >= 0.6 is 0 Å². The molecule has 0 saturated carbocycles. The molecule has 0 rings (SSSR count). The first-order valence-electron chi connectivity index (χ1n) is 8.94. The molecular formula is C19H38O3Si. The topological polar surface area (TPSA) is 49.7 Å². The van der Waals surface area contributed by atoms with E-state index >= 15 is 0 Å². The van der Waals surface area contributed by atoms with Crippen molar-refractivity contribution < 1.29 is 14.6 Å². The van der Waals surface area contributed by atoms with E-state index in [0.717, 1.165) is 0 Å². The summed E-state index contributed by atoms with van der Waals surface area (Å²) in [5, 5.41) is 20.5. The van der Waals surface area contributed by atoms with Crippen LogP contribution in [0.15, 0.2) is 0 Å². The van der Waals surface area contributed by atoms with Gasteiger partial charge < -0.3 is 14.6 Å². The Morgan fingerprint density at radius 1 is 0.870 bits per heavy atom. The van der Waals surface area contributed by atoms with E-state index in [1.807, 2.05) is 6.92 Å². The highest BCUT2D eigenvalue weighted by Gasteiger charge is 2.45. The first-order valence-corrected chi connectivity index (χ1v) is 11.1. The molecule has 0 bridgehead atoms. The molecule has 0 amide bonds. The van der Waals surface area contributed by atoms with Crippen molar-refractivity contribution in [2.24, 2.45) is 11.8 Å². The Morgan fingerprint density at radius 3 is 1.61 bits per heavy atom. The van der Waals surface area contributed by atoms with E-state index in [9.17, 15) is 10.2 Å². The van der Waals surface area contributed by atoms with Gasteiger partial charge in [-0.15, -0.1) is 5.92 Å². The molecule has 0 aliphatic carbocycles. The molecule has 0 fully saturated rings. The van der Waals surface area contributed by atoms with Gasteiger partial charge in [-0.05, 0) is 30.5 Å². The highest BCUT2D eigenvalue weighted by Crippen LogP contribution is 2.42. The zero-order valence-electron chi connectivity index (χ0n) is 16.6. The molecule has 0 aliphatic rings. The van der Waals surface area contributed by atoms with Crippen LogP contribution in [0.3, 0.4) is 0 Å². The first kappa shape index (κ1) is 22.7. The van der Waals surface area contributed by atoms with Crippen molar-refractivity contribution in [3.63, 3.8) is 0 Å². The summed E-state index contributed by atoms with van der Waals surface area (Å²) in [7, 11) is -1.98. The highest BCUT2D eigenvalue weighted by atomic mass is 28.4. The van der Waals surface area contributed by atoms with Gasteiger partial charge in [0.1, 0.15) is 0 Å². The SMILES string of the molecule is CC#C[C@@H]([C@H](C)[C@@H](O)CO[Si](C(C)C)(C(C)C)C(C)C)[C@@H](C)O. The van der Waals surface area contributed by atoms with Crippen LogP contribution in [0.5, 0.6) is 0 Å². The molecule has 0 aromatic heterocycles. The smallest absolute Gasteiger partial charge is 0.200 e. The predicted molar refractivity (Wildman–Crippen MR) is 101 cm³/mol. The molecular weight excluding hydrogens is 304 g/mol. The quantitative estimate of drug-likeness (QED) is 0.488. The third kappa shape index (κ3) is 5.60. The Hall–Kier alpha value is -0.343. The number of hydrogen-bond acceptors (Lipinski definition) is 3. The van der Waals surface area contributed by atoms with Crippen molar-refractivity contribution in [2.75, 3.05) is 6.61 Å². The zero-order valence-corrected chi connectivity index (χ0v) is 17.6. The summed E-state index contributed by atoms with van der Waals surface area (Å²) in [6.45, 7) is 19.2. The molecule has 0 aromatic carbocycles. The molecule has 0 saturated heterocycles. The maximum absolute atomic E-state index is 10.6. The standard InChI is InChI=1S/C19H38O3Si/c1-10-11-18(17(9)20)16(8)19(21)12-22-23(13(2)3,14(4)5)15(6)7/h13-21H,12H2,1-9H3/t16-,17+,18-,19-/m0/s1. The second-order valence-corrected chi connectivity index (χ2v) is 13.2. The van der Waals surface area contributed by atoms with Gasteiger partial charge in [0.15, 0.2) is 8.32 Å². The van der Waals surface area contributed by atoms with Crippen molar-refractivity contribution in [3.05, 3.63) is 0 Å². The number of aliphatic hydroxyl groups is 2. The molecule has 3 nitrogen and oxygen atoms in total. The van der Waals surface area contributed by atoms with E-state index in [-0.39, 0.29) is 11.8 Å². The van der Waals surface area contributed by atoms with Crippen LogP contribution in [0.1, 0.15) is 62.3 Å². The van der Waals surface area contributed by atoms with Crippen molar-refractivity contribution >= 4 is 8.32 Å². The lowest BCUT2D eigenvalue weighted by Gasteiger charge is -2.43. The Balaban J connectivity index is 5.13. The van der Waals surface area contributed by atoms with E-state index in [1.54, 1.807) is 13.8 Å². The van der Waals surface area contributed by atoms with Crippen LogP contribution in [-0.2, 0) is 4.43 Å². The normalized spacial score (nSPS) is 17.8. The van der Waals surface area contributed by atoms with Crippen LogP contribution < -0.4 is 0 Å². The van der Waals surface area contributed by atoms with Crippen LogP contribution in [0.25, 0.3) is 0 Å². The summed E-state index contributed by atoms with van der Waals surface area (Å²) < 4.78 is 6.46. The van der Waals surface area contributed by atoms with E-state index in [4.69, 9.17) is 4.43 Å². The van der Waals surface area contributed by atoms with Crippen LogP contribution in [0, 0.1) is 23.7 Å². The van der Waals surface area contributed by atoms with Gasteiger partial charge >= 0.3 is 0 Å². The summed E-state index contributed by atoms with van der Waals surface area (Å²) in [6.07, 6.45) is -1.17. The van der Waals surface area contributed by atoms with Crippen molar-refractivity contribution in [3.8, 4) is 11.8 Å². The lowest BCUT2D eigenvalue weighted by molar-refractivity contribution is 0.0147. The van der Waals surface area contributed by atoms with Crippen molar-refractivity contribution in [1.82, 2.24) is 0 Å². The minimum atomic E-state index is -1.98. The fraction of sp³-hybridized carbons (Fsp3) is 0.895. The zero-order chi connectivity index (χ0) is 18.4. The van der Waals surface area contributed by atoms with Gasteiger partial charge in [-0.2, -0.15) is 0 Å². The molecule has 23 heavy (non-hydrogen) atoms. The van der Waals surface area contributed by atoms with Crippen LogP contribution in [0.2, 0.25) is 16.6 Å². The lowest BCUT2D eigenvalue weighted by atomic mass is 9.86. The second-order valence-electron chi connectivity index (χ2n) is 7.72. The van der Waals surface area contributed by atoms with Gasteiger partial charge in [-0.1, -0.05) is 54.4 Å². The van der Waals surface area contributed by atoms with Gasteiger partial charge in [0.05, 0.1) is 24.7 Å². The monoisotopic (exact) mass is 342 g/mol. The average molecular weight is 343 g/mol. The molecule has 0 unspecified atom stereocenters. The van der Waals surface area contributed by atoms with E-state index in [1.165, 1.54) is 0 Å². The van der Waals surface area contributed by atoms with Gasteiger partial charge in [0.2, 0.25) is 0 Å². The summed E-state index contributed by atoms with van der Waals surface area (Å²) in [5.74, 6) is 5.53. The minimum Gasteiger partial charge on any atom is -0.413 e. The van der Waals surface area contributed by atoms with E-state index < -0.39 is 20.5 Å². The molecule has 2 N–H and O–H groups in total. The number of hydrogen-bond donors (Lipinski definition) is 2. The van der Waals surface area contributed by atoms with E-state index in [2.05, 4.69) is 53.4 Å². The summed E-state index contributed by atoms with van der Waals surface area (Å²) in [5.41, 5.74) is 1.48. The Labute approximate surface area is 145 Å². The largest absolute Gasteiger partial charge is 0.413 e. The van der Waals surface area contributed by atoms with Gasteiger partial charge in [0.25, 0.3) is 0 Å². The Kier molecular flexibility index (Phi) is 9.69. The second kappa shape index (κ2) is 9.83. The van der Waals surface area contributed by atoms with Gasteiger partial charge in [0, 0.05) is 5.92 Å². The molecule has 136 valence electrons. The predicted octanol–water partition coefficient (Wildman–Crippen LogP) is 4.20. The lowest BCUT2D eigenvalue weighted by Crippen LogP contribution is -2.50. The van der Waals surface area contributed by atoms with Crippen molar-refractivity contribution in [1.29, 1.82) is 0 Å². The third-order valence-corrected chi connectivity index (χ3v) is 11.3. The Bertz CT molecular complexity index is 371. The maximum atomic E-state index is 10.6. The van der Waals surface area contributed by atoms with Gasteiger partial charge in [-0.25, -0.2) is 0 Å². The van der Waals surface area contributed by atoms with Gasteiger partial charge in [-0.3, -0.25) is 0 Å². The molecule has 0 heterocycles. The highest BCUT2D eigenvalue weighted by molar-refractivity contribution is 6.77. The first-order chi connectivity index (χ1) is 10.5. The molecule has 0 aromatic rings. The molecule has 0 spiro atoms. The average Bonchev–Trinajstić information content (AvgIpc) is 2.42. The van der Waals surface area contributed by atoms with Crippen LogP contribution in [0.4, 0.5) is 0 Å². The third-order valence-electron chi connectivity index (χ3n) is 5.22. The fourth-order valence-electron chi connectivity index (χ4n) is 3.98. The Morgan fingerprint density at radius 2 is 1.30 bits per heavy atom. The summed E-state index contributed by atoms with van der Waals surface area (Å²) >= 11 is 0. The molecule has 4 atom stereocenters. The van der Waals surface area contributed by atoms with Crippen molar-refractivity contribution in [2.45, 2.75) is 91.1 Å². The molecule has 0 aliphatic heterocycles. The number of rotatable bonds is 9. The molecule has 4 heteroatoms. The minimum absolute atomic E-state index is 0.124. The summed E-state index contributed by atoms with van der Waals surface area (Å²) in [6, 6.07) is 0. The maximum Gasteiger partial charge on any atom is 0.200 e. The summed E-state index contributed by atoms with van der Waals surface area (Å²) in [4.78, 5) is 0. The van der Waals surface area contributed by atoms with E-state index in [0.29, 0.717) is 23.2 Å². The number of aliphatic hydroxyl groups excluding tert-OH is 2. The fourth-order valence-corrected chi connectivity index (χ4v) is 9.44. The van der Waals surface area contributed by atoms with Crippen LogP contribution in [-0.4, -0.2) is 37.3 Å².